The molecule has 0 saturated carbocycles. The fourth-order valence-corrected chi connectivity index (χ4v) is 3.40. The molecule has 0 bridgehead atoms. The van der Waals surface area contributed by atoms with Crippen LogP contribution in [0.15, 0.2) is 78.9 Å². The summed E-state index contributed by atoms with van der Waals surface area (Å²) in [5.74, 6) is -0.140. The number of carbonyl (C=O) groups is 1. The van der Waals surface area contributed by atoms with E-state index in [4.69, 9.17) is 9.97 Å². The minimum Gasteiger partial charge on any atom is -0.322 e. The fraction of sp³-hybridized carbons (Fsp3) is 0.0417. The Bertz CT molecular complexity index is 1360. The van der Waals surface area contributed by atoms with E-state index in [0.717, 1.165) is 38.4 Å². The summed E-state index contributed by atoms with van der Waals surface area (Å²) >= 11 is 0. The summed E-state index contributed by atoms with van der Waals surface area (Å²) < 4.78 is 0. The van der Waals surface area contributed by atoms with Crippen molar-refractivity contribution >= 4 is 44.4 Å². The lowest BCUT2D eigenvalue weighted by Gasteiger charge is -2.08. The Hall–Kier alpha value is -3.79. The van der Waals surface area contributed by atoms with Crippen molar-refractivity contribution in [2.45, 2.75) is 6.92 Å². The van der Waals surface area contributed by atoms with Crippen molar-refractivity contribution < 1.29 is 4.79 Å². The molecule has 4 aromatic carbocycles. The van der Waals surface area contributed by atoms with E-state index < -0.39 is 0 Å². The molecule has 0 fully saturated rings. The molecule has 0 aliphatic heterocycles. The van der Waals surface area contributed by atoms with Crippen molar-refractivity contribution in [3.05, 3.63) is 90.0 Å². The SMILES string of the molecule is Cc1ccc(C(=O)Nc2ccc3nc4ccc5ccccc5c4nc3c2)cc1. The van der Waals surface area contributed by atoms with Crippen molar-refractivity contribution in [3.63, 3.8) is 0 Å². The third kappa shape index (κ3) is 2.85. The first-order valence-electron chi connectivity index (χ1n) is 9.15. The van der Waals surface area contributed by atoms with Crippen molar-refractivity contribution in [1.82, 2.24) is 9.97 Å². The summed E-state index contributed by atoms with van der Waals surface area (Å²) in [5.41, 5.74) is 5.74. The van der Waals surface area contributed by atoms with Crippen LogP contribution in [0.25, 0.3) is 32.8 Å². The zero-order chi connectivity index (χ0) is 19.1. The van der Waals surface area contributed by atoms with Gasteiger partial charge in [0.2, 0.25) is 0 Å². The van der Waals surface area contributed by atoms with Crippen molar-refractivity contribution in [3.8, 4) is 0 Å². The summed E-state index contributed by atoms with van der Waals surface area (Å²) in [6.45, 7) is 2.00. The molecule has 4 nitrogen and oxygen atoms in total. The zero-order valence-corrected chi connectivity index (χ0v) is 15.3. The monoisotopic (exact) mass is 363 g/mol. The van der Waals surface area contributed by atoms with Gasteiger partial charge in [-0.25, -0.2) is 9.97 Å². The quantitative estimate of drug-likeness (QED) is 0.333. The highest BCUT2D eigenvalue weighted by Gasteiger charge is 2.09. The maximum Gasteiger partial charge on any atom is 0.255 e. The summed E-state index contributed by atoms with van der Waals surface area (Å²) in [6.07, 6.45) is 0. The standard InChI is InChI=1S/C24H17N3O/c1-15-6-8-17(9-7-15)24(28)25-18-11-13-20-22(14-18)27-23-19-5-3-2-4-16(19)10-12-21(23)26-20/h2-14H,1H3,(H,25,28). The van der Waals surface area contributed by atoms with Crippen LogP contribution < -0.4 is 5.32 Å². The largest absolute Gasteiger partial charge is 0.322 e. The minimum atomic E-state index is -0.140. The number of amides is 1. The second-order valence-electron chi connectivity index (χ2n) is 6.90. The molecule has 0 saturated heterocycles. The van der Waals surface area contributed by atoms with Crippen LogP contribution in [0.3, 0.4) is 0 Å². The third-order valence-corrected chi connectivity index (χ3v) is 4.90. The van der Waals surface area contributed by atoms with Crippen LogP contribution in [0.4, 0.5) is 5.69 Å². The molecule has 0 radical (unpaired) electrons. The van der Waals surface area contributed by atoms with E-state index >= 15 is 0 Å². The van der Waals surface area contributed by atoms with E-state index in [2.05, 4.69) is 23.5 Å². The van der Waals surface area contributed by atoms with Gasteiger partial charge in [0.25, 0.3) is 5.91 Å². The molecule has 0 aliphatic rings. The molecule has 1 N–H and O–H groups in total. The minimum absolute atomic E-state index is 0.140. The number of aromatic nitrogens is 2. The van der Waals surface area contributed by atoms with Gasteiger partial charge >= 0.3 is 0 Å². The fourth-order valence-electron chi connectivity index (χ4n) is 3.40. The van der Waals surface area contributed by atoms with E-state index in [9.17, 15) is 4.79 Å². The molecule has 1 amide bonds. The average Bonchev–Trinajstić information content (AvgIpc) is 2.72. The van der Waals surface area contributed by atoms with Gasteiger partial charge in [-0.15, -0.1) is 0 Å². The smallest absolute Gasteiger partial charge is 0.255 e. The molecule has 5 rings (SSSR count). The van der Waals surface area contributed by atoms with E-state index in [-0.39, 0.29) is 5.91 Å². The highest BCUT2D eigenvalue weighted by molar-refractivity contribution is 6.07. The highest BCUT2D eigenvalue weighted by Crippen LogP contribution is 2.26. The molecule has 4 heteroatoms. The van der Waals surface area contributed by atoms with E-state index in [0.29, 0.717) is 11.3 Å². The normalized spacial score (nSPS) is 11.2. The molecule has 0 atom stereocenters. The first-order chi connectivity index (χ1) is 13.7. The number of benzene rings is 4. The van der Waals surface area contributed by atoms with Crippen LogP contribution in [0.5, 0.6) is 0 Å². The second kappa shape index (κ2) is 6.43. The van der Waals surface area contributed by atoms with Gasteiger partial charge in [-0.3, -0.25) is 4.79 Å². The van der Waals surface area contributed by atoms with Crippen LogP contribution in [0.1, 0.15) is 15.9 Å². The average molecular weight is 363 g/mol. The van der Waals surface area contributed by atoms with Crippen LogP contribution >= 0.6 is 0 Å². The predicted octanol–water partition coefficient (Wildman–Crippen LogP) is 5.50. The number of carbonyl (C=O) groups excluding carboxylic acids is 1. The van der Waals surface area contributed by atoms with Crippen LogP contribution in [0.2, 0.25) is 0 Å². The Morgan fingerprint density at radius 3 is 2.43 bits per heavy atom. The maximum atomic E-state index is 12.5. The van der Waals surface area contributed by atoms with E-state index in [1.165, 1.54) is 0 Å². The Morgan fingerprint density at radius 1 is 0.786 bits per heavy atom. The van der Waals surface area contributed by atoms with Crippen molar-refractivity contribution in [2.24, 2.45) is 0 Å². The molecule has 0 aliphatic carbocycles. The Labute approximate surface area is 161 Å². The Kier molecular flexibility index (Phi) is 3.76. The summed E-state index contributed by atoms with van der Waals surface area (Å²) in [5, 5.41) is 5.15. The molecule has 1 heterocycles. The topological polar surface area (TPSA) is 54.9 Å². The molecule has 1 aromatic heterocycles. The van der Waals surface area contributed by atoms with Gasteiger partial charge in [-0.05, 0) is 48.7 Å². The lowest BCUT2D eigenvalue weighted by atomic mass is 10.1. The lowest BCUT2D eigenvalue weighted by Crippen LogP contribution is -2.11. The molecular formula is C24H17N3O. The first-order valence-corrected chi connectivity index (χ1v) is 9.15. The third-order valence-electron chi connectivity index (χ3n) is 4.90. The second-order valence-corrected chi connectivity index (χ2v) is 6.90. The lowest BCUT2D eigenvalue weighted by molar-refractivity contribution is 0.102. The summed E-state index contributed by atoms with van der Waals surface area (Å²) in [4.78, 5) is 22.1. The molecule has 134 valence electrons. The summed E-state index contributed by atoms with van der Waals surface area (Å²) in [7, 11) is 0. The maximum absolute atomic E-state index is 12.5. The molecular weight excluding hydrogens is 346 g/mol. The number of hydrogen-bond donors (Lipinski definition) is 1. The van der Waals surface area contributed by atoms with Gasteiger partial charge in [0, 0.05) is 16.6 Å². The van der Waals surface area contributed by atoms with Gasteiger partial charge in [0.15, 0.2) is 0 Å². The number of hydrogen-bond acceptors (Lipinski definition) is 3. The number of aryl methyl sites for hydroxylation is 1. The van der Waals surface area contributed by atoms with Crippen LogP contribution in [-0.2, 0) is 0 Å². The van der Waals surface area contributed by atoms with Crippen molar-refractivity contribution in [2.75, 3.05) is 5.32 Å². The van der Waals surface area contributed by atoms with Crippen molar-refractivity contribution in [1.29, 1.82) is 0 Å². The highest BCUT2D eigenvalue weighted by atomic mass is 16.1. The van der Waals surface area contributed by atoms with Gasteiger partial charge in [0.1, 0.15) is 0 Å². The van der Waals surface area contributed by atoms with Gasteiger partial charge in [0.05, 0.1) is 22.1 Å². The Balaban J connectivity index is 1.57. The van der Waals surface area contributed by atoms with Crippen LogP contribution in [-0.4, -0.2) is 15.9 Å². The van der Waals surface area contributed by atoms with Gasteiger partial charge in [-0.2, -0.15) is 0 Å². The first kappa shape index (κ1) is 16.4. The number of nitrogens with one attached hydrogen (secondary N) is 1. The number of rotatable bonds is 2. The number of anilines is 1. The Morgan fingerprint density at radius 2 is 1.57 bits per heavy atom. The molecule has 0 spiro atoms. The van der Waals surface area contributed by atoms with Gasteiger partial charge in [-0.1, -0.05) is 48.0 Å². The molecule has 28 heavy (non-hydrogen) atoms. The zero-order valence-electron chi connectivity index (χ0n) is 15.3. The van der Waals surface area contributed by atoms with E-state index in [1.807, 2.05) is 67.6 Å². The number of nitrogens with zero attached hydrogens (tertiary/aromatic N) is 2. The molecule has 5 aromatic rings. The predicted molar refractivity (Wildman–Crippen MR) is 114 cm³/mol. The summed E-state index contributed by atoms with van der Waals surface area (Å²) in [6, 6.07) is 25.3. The number of fused-ring (bicyclic) bond motifs is 4. The molecule has 0 unspecified atom stereocenters. The van der Waals surface area contributed by atoms with E-state index in [1.54, 1.807) is 0 Å². The van der Waals surface area contributed by atoms with Crippen LogP contribution in [0, 0.1) is 6.92 Å². The van der Waals surface area contributed by atoms with Gasteiger partial charge < -0.3 is 5.32 Å².